The van der Waals surface area contributed by atoms with E-state index < -0.39 is 0 Å². The van der Waals surface area contributed by atoms with Crippen molar-refractivity contribution in [3.05, 3.63) is 35.9 Å². The molecule has 0 unspecified atom stereocenters. The molecule has 4 nitrogen and oxygen atoms in total. The summed E-state index contributed by atoms with van der Waals surface area (Å²) < 4.78 is 0. The highest BCUT2D eigenvalue weighted by molar-refractivity contribution is 5.72. The van der Waals surface area contributed by atoms with Crippen molar-refractivity contribution in [2.24, 2.45) is 0 Å². The van der Waals surface area contributed by atoms with Crippen LogP contribution in [0, 0.1) is 13.8 Å². The monoisotopic (exact) mass is 298 g/mol. The molecule has 2 rings (SSSR count). The van der Waals surface area contributed by atoms with E-state index in [9.17, 15) is 0 Å². The summed E-state index contributed by atoms with van der Waals surface area (Å²) in [5, 5.41) is 6.65. The SMILES string of the molecule is CCCCCNc1cc(-c2cc(NC)cnc2C)cnc1C. The zero-order chi connectivity index (χ0) is 15.9. The van der Waals surface area contributed by atoms with Crippen molar-refractivity contribution >= 4 is 11.4 Å². The number of aromatic nitrogens is 2. The minimum absolute atomic E-state index is 0.994. The van der Waals surface area contributed by atoms with Crippen LogP contribution >= 0.6 is 0 Å². The molecule has 2 N–H and O–H groups in total. The fourth-order valence-electron chi connectivity index (χ4n) is 2.42. The lowest BCUT2D eigenvalue weighted by Crippen LogP contribution is -2.04. The predicted molar refractivity (Wildman–Crippen MR) is 94.5 cm³/mol. The van der Waals surface area contributed by atoms with Crippen molar-refractivity contribution in [2.75, 3.05) is 24.2 Å². The van der Waals surface area contributed by atoms with Crippen LogP contribution in [0.4, 0.5) is 11.4 Å². The van der Waals surface area contributed by atoms with E-state index in [0.717, 1.165) is 40.4 Å². The van der Waals surface area contributed by atoms with Gasteiger partial charge >= 0.3 is 0 Å². The van der Waals surface area contributed by atoms with Gasteiger partial charge in [-0.2, -0.15) is 0 Å². The molecule has 0 aliphatic heterocycles. The van der Waals surface area contributed by atoms with Gasteiger partial charge in [-0.05, 0) is 32.4 Å². The smallest absolute Gasteiger partial charge is 0.0604 e. The lowest BCUT2D eigenvalue weighted by Gasteiger charge is -2.13. The maximum atomic E-state index is 4.54. The first-order valence-corrected chi connectivity index (χ1v) is 8.01. The van der Waals surface area contributed by atoms with Crippen LogP contribution in [0.15, 0.2) is 24.5 Å². The Morgan fingerprint density at radius 1 is 1.00 bits per heavy atom. The highest BCUT2D eigenvalue weighted by Crippen LogP contribution is 2.27. The summed E-state index contributed by atoms with van der Waals surface area (Å²) in [6.07, 6.45) is 7.46. The summed E-state index contributed by atoms with van der Waals surface area (Å²) in [4.78, 5) is 8.99. The summed E-state index contributed by atoms with van der Waals surface area (Å²) in [6.45, 7) is 7.29. The molecule has 0 bridgehead atoms. The maximum absolute atomic E-state index is 4.54. The van der Waals surface area contributed by atoms with Gasteiger partial charge in [-0.25, -0.2) is 0 Å². The topological polar surface area (TPSA) is 49.8 Å². The van der Waals surface area contributed by atoms with Crippen LogP contribution in [0.5, 0.6) is 0 Å². The van der Waals surface area contributed by atoms with Crippen molar-refractivity contribution in [1.29, 1.82) is 0 Å². The van der Waals surface area contributed by atoms with Crippen LogP contribution in [0.25, 0.3) is 11.1 Å². The average Bonchev–Trinajstić information content (AvgIpc) is 2.54. The molecule has 2 aromatic rings. The van der Waals surface area contributed by atoms with E-state index >= 15 is 0 Å². The summed E-state index contributed by atoms with van der Waals surface area (Å²) in [6, 6.07) is 4.30. The standard InChI is InChI=1S/C18H26N4/c1-5-6-7-8-20-18-9-15(11-21-14(18)3)17-10-16(19-4)12-22-13(17)2/h9-12,19-20H,5-8H2,1-4H3. The van der Waals surface area contributed by atoms with Gasteiger partial charge in [0.2, 0.25) is 0 Å². The maximum Gasteiger partial charge on any atom is 0.0604 e. The van der Waals surface area contributed by atoms with Crippen LogP contribution in [-0.4, -0.2) is 23.6 Å². The van der Waals surface area contributed by atoms with Gasteiger partial charge in [-0.1, -0.05) is 19.8 Å². The summed E-state index contributed by atoms with van der Waals surface area (Å²) >= 11 is 0. The zero-order valence-corrected chi connectivity index (χ0v) is 14.0. The minimum Gasteiger partial charge on any atom is -0.387 e. The van der Waals surface area contributed by atoms with Crippen LogP contribution in [-0.2, 0) is 0 Å². The van der Waals surface area contributed by atoms with Gasteiger partial charge in [0.05, 0.1) is 23.3 Å². The van der Waals surface area contributed by atoms with Gasteiger partial charge in [0.1, 0.15) is 0 Å². The minimum atomic E-state index is 0.994. The normalized spacial score (nSPS) is 10.5. The number of hydrogen-bond acceptors (Lipinski definition) is 4. The third kappa shape index (κ3) is 3.97. The molecule has 22 heavy (non-hydrogen) atoms. The van der Waals surface area contributed by atoms with Gasteiger partial charge in [-0.15, -0.1) is 0 Å². The fraction of sp³-hybridized carbons (Fsp3) is 0.444. The van der Waals surface area contributed by atoms with E-state index in [0.29, 0.717) is 0 Å². The van der Waals surface area contributed by atoms with Crippen LogP contribution in [0.2, 0.25) is 0 Å². The number of nitrogens with one attached hydrogen (secondary N) is 2. The Hall–Kier alpha value is -2.10. The zero-order valence-electron chi connectivity index (χ0n) is 14.0. The van der Waals surface area contributed by atoms with E-state index in [1.807, 2.05) is 33.3 Å². The second-order valence-electron chi connectivity index (χ2n) is 5.60. The molecular weight excluding hydrogens is 272 g/mol. The highest BCUT2D eigenvalue weighted by atomic mass is 14.9. The molecule has 0 spiro atoms. The van der Waals surface area contributed by atoms with Crippen molar-refractivity contribution in [3.8, 4) is 11.1 Å². The van der Waals surface area contributed by atoms with Gasteiger partial charge in [-0.3, -0.25) is 9.97 Å². The highest BCUT2D eigenvalue weighted by Gasteiger charge is 2.08. The molecule has 2 heterocycles. The van der Waals surface area contributed by atoms with Crippen molar-refractivity contribution in [1.82, 2.24) is 9.97 Å². The summed E-state index contributed by atoms with van der Waals surface area (Å²) in [5.41, 5.74) is 6.40. The lowest BCUT2D eigenvalue weighted by atomic mass is 10.0. The number of nitrogens with zero attached hydrogens (tertiary/aromatic N) is 2. The second-order valence-corrected chi connectivity index (χ2v) is 5.60. The first kappa shape index (κ1) is 16.3. The average molecular weight is 298 g/mol. The third-order valence-corrected chi connectivity index (χ3v) is 3.87. The molecule has 0 saturated heterocycles. The number of aryl methyl sites for hydroxylation is 2. The number of unbranched alkanes of at least 4 members (excludes halogenated alkanes) is 2. The van der Waals surface area contributed by atoms with Crippen molar-refractivity contribution in [2.45, 2.75) is 40.0 Å². The number of pyridine rings is 2. The Morgan fingerprint density at radius 3 is 2.50 bits per heavy atom. The number of anilines is 2. The Labute approximate surface area is 133 Å². The summed E-state index contributed by atoms with van der Waals surface area (Å²) in [5.74, 6) is 0. The van der Waals surface area contributed by atoms with Gasteiger partial charge in [0, 0.05) is 36.6 Å². The molecule has 0 aliphatic rings. The molecule has 0 fully saturated rings. The van der Waals surface area contributed by atoms with Gasteiger partial charge in [0.25, 0.3) is 0 Å². The molecule has 0 amide bonds. The van der Waals surface area contributed by atoms with Crippen LogP contribution in [0.1, 0.15) is 37.6 Å². The van der Waals surface area contributed by atoms with Crippen LogP contribution < -0.4 is 10.6 Å². The Morgan fingerprint density at radius 2 is 1.77 bits per heavy atom. The van der Waals surface area contributed by atoms with Crippen LogP contribution in [0.3, 0.4) is 0 Å². The first-order chi connectivity index (χ1) is 10.7. The Kier molecular flexibility index (Phi) is 5.75. The fourth-order valence-corrected chi connectivity index (χ4v) is 2.42. The molecule has 2 aromatic heterocycles. The van der Waals surface area contributed by atoms with E-state index in [1.54, 1.807) is 0 Å². The number of rotatable bonds is 7. The second kappa shape index (κ2) is 7.78. The largest absolute Gasteiger partial charge is 0.387 e. The molecule has 118 valence electrons. The Balaban J connectivity index is 2.25. The molecule has 4 heteroatoms. The van der Waals surface area contributed by atoms with E-state index in [-0.39, 0.29) is 0 Å². The van der Waals surface area contributed by atoms with E-state index in [4.69, 9.17) is 0 Å². The van der Waals surface area contributed by atoms with Gasteiger partial charge < -0.3 is 10.6 Å². The number of hydrogen-bond donors (Lipinski definition) is 2. The quantitative estimate of drug-likeness (QED) is 0.744. The van der Waals surface area contributed by atoms with Crippen molar-refractivity contribution < 1.29 is 0 Å². The molecule has 0 radical (unpaired) electrons. The lowest BCUT2D eigenvalue weighted by molar-refractivity contribution is 0.743. The summed E-state index contributed by atoms with van der Waals surface area (Å²) in [7, 11) is 1.91. The third-order valence-electron chi connectivity index (χ3n) is 3.87. The van der Waals surface area contributed by atoms with Crippen molar-refractivity contribution in [3.63, 3.8) is 0 Å². The van der Waals surface area contributed by atoms with E-state index in [2.05, 4.69) is 39.7 Å². The first-order valence-electron chi connectivity index (χ1n) is 8.01. The van der Waals surface area contributed by atoms with E-state index in [1.165, 1.54) is 19.3 Å². The predicted octanol–water partition coefficient (Wildman–Crippen LogP) is 4.40. The molecule has 0 saturated carbocycles. The Bertz CT molecular complexity index is 622. The van der Waals surface area contributed by atoms with Gasteiger partial charge in [0.15, 0.2) is 0 Å². The molecule has 0 aliphatic carbocycles. The molecule has 0 atom stereocenters. The molecular formula is C18H26N4. The molecule has 0 aromatic carbocycles.